The van der Waals surface area contributed by atoms with E-state index in [1.54, 1.807) is 29.3 Å². The number of nitrogens with zero attached hydrogens (tertiary/aromatic N) is 2. The summed E-state index contributed by atoms with van der Waals surface area (Å²) in [5, 5.41) is 10.3. The maximum Gasteiger partial charge on any atom is 0.323 e. The topological polar surface area (TPSA) is 53.4 Å². The summed E-state index contributed by atoms with van der Waals surface area (Å²) in [7, 11) is 0. The van der Waals surface area contributed by atoms with Gasteiger partial charge in [0.05, 0.1) is 12.1 Å². The van der Waals surface area contributed by atoms with E-state index >= 15 is 0 Å². The highest BCUT2D eigenvalue weighted by atomic mass is 35.5. The molecule has 0 atom stereocenters. The zero-order valence-electron chi connectivity index (χ0n) is 10.0. The molecule has 96 valence electrons. The summed E-state index contributed by atoms with van der Waals surface area (Å²) >= 11 is 5.92. The van der Waals surface area contributed by atoms with Crippen molar-refractivity contribution < 1.29 is 9.90 Å². The van der Waals surface area contributed by atoms with Gasteiger partial charge < -0.3 is 10.0 Å². The van der Waals surface area contributed by atoms with Crippen molar-refractivity contribution in [1.29, 1.82) is 0 Å². The Hall–Kier alpha value is -2.25. The Bertz CT molecular complexity index is 664. The predicted molar refractivity (Wildman–Crippen MR) is 75.4 cm³/mol. The van der Waals surface area contributed by atoms with Gasteiger partial charge in [0.15, 0.2) is 0 Å². The molecule has 5 heteroatoms. The molecule has 1 aromatic carbocycles. The van der Waals surface area contributed by atoms with E-state index in [0.29, 0.717) is 10.5 Å². The van der Waals surface area contributed by atoms with Crippen LogP contribution in [0.1, 0.15) is 0 Å². The Morgan fingerprint density at radius 3 is 2.95 bits per heavy atom. The number of carboxylic acid groups (broad SMARTS) is 1. The molecular formula is C14H11ClN2O2. The van der Waals surface area contributed by atoms with E-state index in [1.807, 2.05) is 6.07 Å². The molecule has 19 heavy (non-hydrogen) atoms. The van der Waals surface area contributed by atoms with Crippen molar-refractivity contribution in [2.75, 3.05) is 18.0 Å². The van der Waals surface area contributed by atoms with Crippen LogP contribution in [-0.2, 0) is 4.79 Å². The number of fused-ring (bicyclic) bond motifs is 1. The normalized spacial score (nSPS) is 10.1. The number of aromatic nitrogens is 1. The first-order valence-electron chi connectivity index (χ1n) is 5.56. The number of aliphatic carboxylic acids is 1. The van der Waals surface area contributed by atoms with Crippen LogP contribution in [0, 0.1) is 12.3 Å². The first-order valence-corrected chi connectivity index (χ1v) is 5.94. The molecular weight excluding hydrogens is 264 g/mol. The summed E-state index contributed by atoms with van der Waals surface area (Å²) in [6.07, 6.45) is 6.90. The van der Waals surface area contributed by atoms with Crippen molar-refractivity contribution in [3.63, 3.8) is 0 Å². The molecule has 4 nitrogen and oxygen atoms in total. The minimum atomic E-state index is -0.936. The van der Waals surface area contributed by atoms with Crippen LogP contribution in [-0.4, -0.2) is 29.1 Å². The molecule has 0 saturated heterocycles. The van der Waals surface area contributed by atoms with Gasteiger partial charge in [0.25, 0.3) is 0 Å². The predicted octanol–water partition coefficient (Wildman–Crippen LogP) is 2.41. The molecule has 1 aromatic heterocycles. The van der Waals surface area contributed by atoms with Gasteiger partial charge >= 0.3 is 5.97 Å². The lowest BCUT2D eigenvalue weighted by Gasteiger charge is -2.21. The number of carbonyl (C=O) groups is 1. The largest absolute Gasteiger partial charge is 0.480 e. The molecule has 0 amide bonds. The van der Waals surface area contributed by atoms with Gasteiger partial charge in [-0.25, -0.2) is 0 Å². The van der Waals surface area contributed by atoms with Crippen LogP contribution in [0.3, 0.4) is 0 Å². The standard InChI is InChI=1S/C14H11ClN2O2/c1-2-7-17(9-14(18)19)13-5-6-16-12-8-10(15)3-4-11(12)13/h1,3-6,8H,7,9H2,(H,18,19). The summed E-state index contributed by atoms with van der Waals surface area (Å²) < 4.78 is 0. The molecule has 0 spiro atoms. The summed E-state index contributed by atoms with van der Waals surface area (Å²) in [4.78, 5) is 16.7. The van der Waals surface area contributed by atoms with Crippen molar-refractivity contribution in [2.45, 2.75) is 0 Å². The van der Waals surface area contributed by atoms with Crippen LogP contribution < -0.4 is 4.90 Å². The quantitative estimate of drug-likeness (QED) is 0.870. The second-order valence-electron chi connectivity index (χ2n) is 3.95. The molecule has 0 fully saturated rings. The Morgan fingerprint density at radius 1 is 1.47 bits per heavy atom. The number of hydrogen-bond donors (Lipinski definition) is 1. The second-order valence-corrected chi connectivity index (χ2v) is 4.38. The highest BCUT2D eigenvalue weighted by molar-refractivity contribution is 6.31. The van der Waals surface area contributed by atoms with E-state index in [2.05, 4.69) is 10.9 Å². The van der Waals surface area contributed by atoms with Gasteiger partial charge in [0.2, 0.25) is 0 Å². The molecule has 1 heterocycles. The minimum Gasteiger partial charge on any atom is -0.480 e. The van der Waals surface area contributed by atoms with Crippen molar-refractivity contribution in [2.24, 2.45) is 0 Å². The number of halogens is 1. The van der Waals surface area contributed by atoms with Gasteiger partial charge in [0.1, 0.15) is 6.54 Å². The fraction of sp³-hybridized carbons (Fsp3) is 0.143. The molecule has 0 aliphatic carbocycles. The lowest BCUT2D eigenvalue weighted by molar-refractivity contribution is -0.135. The Labute approximate surface area is 115 Å². The number of hydrogen-bond acceptors (Lipinski definition) is 3. The molecule has 2 aromatic rings. The fourth-order valence-corrected chi connectivity index (χ4v) is 2.05. The Morgan fingerprint density at radius 2 is 2.26 bits per heavy atom. The molecule has 0 aliphatic rings. The average molecular weight is 275 g/mol. The van der Waals surface area contributed by atoms with Crippen LogP contribution >= 0.6 is 11.6 Å². The van der Waals surface area contributed by atoms with Crippen LogP contribution in [0.4, 0.5) is 5.69 Å². The second kappa shape index (κ2) is 5.59. The molecule has 0 saturated carbocycles. The van der Waals surface area contributed by atoms with Crippen molar-refractivity contribution in [3.05, 3.63) is 35.5 Å². The molecule has 1 N–H and O–H groups in total. The molecule has 0 bridgehead atoms. The Balaban J connectivity index is 2.53. The van der Waals surface area contributed by atoms with Gasteiger partial charge in [-0.1, -0.05) is 17.5 Å². The maximum atomic E-state index is 10.9. The first kappa shape index (κ1) is 13.2. The zero-order chi connectivity index (χ0) is 13.8. The van der Waals surface area contributed by atoms with E-state index in [-0.39, 0.29) is 13.1 Å². The number of benzene rings is 1. The minimum absolute atomic E-state index is 0.161. The molecule has 0 unspecified atom stereocenters. The van der Waals surface area contributed by atoms with Crippen molar-refractivity contribution in [1.82, 2.24) is 4.98 Å². The van der Waals surface area contributed by atoms with E-state index < -0.39 is 5.97 Å². The number of carboxylic acids is 1. The summed E-state index contributed by atoms with van der Waals surface area (Å²) in [5.41, 5.74) is 1.44. The zero-order valence-corrected chi connectivity index (χ0v) is 10.8. The summed E-state index contributed by atoms with van der Waals surface area (Å²) in [6.45, 7) is 0.0555. The van der Waals surface area contributed by atoms with Gasteiger partial charge in [-0.15, -0.1) is 6.42 Å². The summed E-state index contributed by atoms with van der Waals surface area (Å²) in [6, 6.07) is 7.03. The van der Waals surface area contributed by atoms with Crippen LogP contribution in [0.25, 0.3) is 10.9 Å². The van der Waals surface area contributed by atoms with E-state index in [9.17, 15) is 4.79 Å². The highest BCUT2D eigenvalue weighted by Gasteiger charge is 2.13. The van der Waals surface area contributed by atoms with Crippen molar-refractivity contribution >= 4 is 34.2 Å². The van der Waals surface area contributed by atoms with Gasteiger partial charge in [-0.05, 0) is 24.3 Å². The number of rotatable bonds is 4. The van der Waals surface area contributed by atoms with Gasteiger partial charge in [-0.3, -0.25) is 9.78 Å². The monoisotopic (exact) mass is 274 g/mol. The van der Waals surface area contributed by atoms with Crippen LogP contribution in [0.15, 0.2) is 30.5 Å². The third-order valence-electron chi connectivity index (χ3n) is 2.63. The molecule has 0 aliphatic heterocycles. The fourth-order valence-electron chi connectivity index (χ4n) is 1.88. The maximum absolute atomic E-state index is 10.9. The first-order chi connectivity index (χ1) is 9.11. The summed E-state index contributed by atoms with van der Waals surface area (Å²) in [5.74, 6) is 1.53. The van der Waals surface area contributed by atoms with E-state index in [4.69, 9.17) is 23.1 Å². The third kappa shape index (κ3) is 2.95. The lowest BCUT2D eigenvalue weighted by Crippen LogP contribution is -2.30. The number of anilines is 1. The lowest BCUT2D eigenvalue weighted by atomic mass is 10.1. The third-order valence-corrected chi connectivity index (χ3v) is 2.87. The molecule has 0 radical (unpaired) electrons. The van der Waals surface area contributed by atoms with Crippen LogP contribution in [0.2, 0.25) is 5.02 Å². The van der Waals surface area contributed by atoms with Gasteiger partial charge in [-0.2, -0.15) is 0 Å². The van der Waals surface area contributed by atoms with E-state index in [0.717, 1.165) is 11.1 Å². The average Bonchev–Trinajstić information content (AvgIpc) is 2.36. The van der Waals surface area contributed by atoms with Crippen molar-refractivity contribution in [3.8, 4) is 12.3 Å². The SMILES string of the molecule is C#CCN(CC(=O)O)c1ccnc2cc(Cl)ccc12. The number of pyridine rings is 1. The highest BCUT2D eigenvalue weighted by Crippen LogP contribution is 2.27. The Kier molecular flexibility index (Phi) is 3.88. The number of terminal acetylenes is 1. The van der Waals surface area contributed by atoms with Gasteiger partial charge in [0, 0.05) is 22.3 Å². The van der Waals surface area contributed by atoms with Crippen LogP contribution in [0.5, 0.6) is 0 Å². The smallest absolute Gasteiger partial charge is 0.323 e. The van der Waals surface area contributed by atoms with E-state index in [1.165, 1.54) is 0 Å². The molecule has 2 rings (SSSR count).